The first-order valence-corrected chi connectivity index (χ1v) is 5.61. The van der Waals surface area contributed by atoms with E-state index in [1.54, 1.807) is 27.8 Å². The summed E-state index contributed by atoms with van der Waals surface area (Å²) in [4.78, 5) is 32.3. The summed E-state index contributed by atoms with van der Waals surface area (Å²) in [7, 11) is 1.57. The van der Waals surface area contributed by atoms with Crippen molar-refractivity contribution in [3.63, 3.8) is 0 Å². The molecule has 0 fully saturated rings. The Labute approximate surface area is 106 Å². The van der Waals surface area contributed by atoms with Crippen molar-refractivity contribution in [2.75, 3.05) is 13.6 Å². The van der Waals surface area contributed by atoms with Crippen LogP contribution in [0.5, 0.6) is 0 Å². The predicted molar refractivity (Wildman–Crippen MR) is 65.3 cm³/mol. The van der Waals surface area contributed by atoms with E-state index in [-0.39, 0.29) is 12.5 Å². The number of rotatable bonds is 4. The van der Waals surface area contributed by atoms with Crippen LogP contribution in [0, 0.1) is 19.8 Å². The second kappa shape index (κ2) is 5.57. The van der Waals surface area contributed by atoms with Gasteiger partial charge in [0.2, 0.25) is 0 Å². The lowest BCUT2D eigenvalue weighted by molar-refractivity contribution is -0.141. The van der Waals surface area contributed by atoms with Gasteiger partial charge in [-0.2, -0.15) is 0 Å². The van der Waals surface area contributed by atoms with Crippen molar-refractivity contribution in [2.24, 2.45) is 5.92 Å². The molecule has 1 N–H and O–H groups in total. The summed E-state index contributed by atoms with van der Waals surface area (Å²) >= 11 is 0. The highest BCUT2D eigenvalue weighted by molar-refractivity contribution is 5.94. The normalized spacial score (nSPS) is 12.0. The maximum Gasteiger partial charge on any atom is 0.308 e. The zero-order valence-corrected chi connectivity index (χ0v) is 11.0. The van der Waals surface area contributed by atoms with E-state index in [2.05, 4.69) is 9.97 Å². The van der Waals surface area contributed by atoms with Gasteiger partial charge in [0.15, 0.2) is 0 Å². The van der Waals surface area contributed by atoms with Crippen LogP contribution in [0.25, 0.3) is 0 Å². The molecule has 1 atom stereocenters. The SMILES string of the molecule is Cc1ncc(C(=O)N(C)CC(C)C(=O)O)c(C)n1. The number of aromatic nitrogens is 2. The van der Waals surface area contributed by atoms with E-state index in [9.17, 15) is 9.59 Å². The summed E-state index contributed by atoms with van der Waals surface area (Å²) in [5, 5.41) is 8.81. The van der Waals surface area contributed by atoms with E-state index in [1.165, 1.54) is 11.1 Å². The summed E-state index contributed by atoms with van der Waals surface area (Å²) in [5.41, 5.74) is 1.00. The maximum atomic E-state index is 12.1. The first-order valence-electron chi connectivity index (χ1n) is 5.61. The minimum absolute atomic E-state index is 0.154. The third kappa shape index (κ3) is 3.26. The van der Waals surface area contributed by atoms with Gasteiger partial charge in [-0.1, -0.05) is 6.92 Å². The summed E-state index contributed by atoms with van der Waals surface area (Å²) in [6, 6.07) is 0. The molecule has 0 bridgehead atoms. The Morgan fingerprint density at radius 2 is 2.06 bits per heavy atom. The van der Waals surface area contributed by atoms with Crippen molar-refractivity contribution >= 4 is 11.9 Å². The Kier molecular flexibility index (Phi) is 4.36. The number of hydrogen-bond acceptors (Lipinski definition) is 4. The highest BCUT2D eigenvalue weighted by atomic mass is 16.4. The van der Waals surface area contributed by atoms with Crippen molar-refractivity contribution in [3.8, 4) is 0 Å². The van der Waals surface area contributed by atoms with E-state index in [0.717, 1.165) is 0 Å². The quantitative estimate of drug-likeness (QED) is 0.859. The van der Waals surface area contributed by atoms with Gasteiger partial charge in [0.1, 0.15) is 5.82 Å². The molecule has 6 heteroatoms. The fourth-order valence-corrected chi connectivity index (χ4v) is 1.57. The van der Waals surface area contributed by atoms with E-state index in [1.807, 2.05) is 0 Å². The van der Waals surface area contributed by atoms with Crippen LogP contribution in [0.3, 0.4) is 0 Å². The lowest BCUT2D eigenvalue weighted by atomic mass is 10.1. The molecule has 0 saturated carbocycles. The largest absolute Gasteiger partial charge is 0.481 e. The standard InChI is InChI=1S/C12H17N3O3/c1-7(12(17)18)6-15(4)11(16)10-5-13-9(3)14-8(10)2/h5,7H,6H2,1-4H3,(H,17,18). The topological polar surface area (TPSA) is 83.4 Å². The molecule has 0 aromatic carbocycles. The molecule has 0 saturated heterocycles. The smallest absolute Gasteiger partial charge is 0.308 e. The van der Waals surface area contributed by atoms with Crippen LogP contribution in [0.1, 0.15) is 28.8 Å². The first-order chi connectivity index (χ1) is 8.32. The zero-order chi connectivity index (χ0) is 13.9. The molecule has 6 nitrogen and oxygen atoms in total. The molecule has 98 valence electrons. The molecule has 0 aliphatic rings. The fraction of sp³-hybridized carbons (Fsp3) is 0.500. The van der Waals surface area contributed by atoms with Crippen molar-refractivity contribution in [1.29, 1.82) is 0 Å². The number of carbonyl (C=O) groups is 2. The lowest BCUT2D eigenvalue weighted by Gasteiger charge is -2.20. The molecule has 1 aromatic heterocycles. The van der Waals surface area contributed by atoms with Gasteiger partial charge in [0, 0.05) is 19.8 Å². The van der Waals surface area contributed by atoms with E-state index in [4.69, 9.17) is 5.11 Å². The third-order valence-electron chi connectivity index (χ3n) is 2.65. The highest BCUT2D eigenvalue weighted by Crippen LogP contribution is 2.09. The third-order valence-corrected chi connectivity index (χ3v) is 2.65. The molecule has 1 unspecified atom stereocenters. The second-order valence-electron chi connectivity index (χ2n) is 4.34. The number of nitrogens with zero attached hydrogens (tertiary/aromatic N) is 3. The molecule has 0 aliphatic heterocycles. The fourth-order valence-electron chi connectivity index (χ4n) is 1.57. The van der Waals surface area contributed by atoms with Crippen LogP contribution in [0.15, 0.2) is 6.20 Å². The molecular weight excluding hydrogens is 234 g/mol. The van der Waals surface area contributed by atoms with Gasteiger partial charge in [-0.3, -0.25) is 9.59 Å². The molecule has 1 amide bonds. The van der Waals surface area contributed by atoms with Gasteiger partial charge in [-0.05, 0) is 13.8 Å². The number of aryl methyl sites for hydroxylation is 2. The molecule has 1 aromatic rings. The zero-order valence-electron chi connectivity index (χ0n) is 11.0. The Bertz CT molecular complexity index is 474. The van der Waals surface area contributed by atoms with Crippen molar-refractivity contribution in [3.05, 3.63) is 23.3 Å². The summed E-state index contributed by atoms with van der Waals surface area (Å²) in [6.07, 6.45) is 1.47. The van der Waals surface area contributed by atoms with Gasteiger partial charge < -0.3 is 10.0 Å². The van der Waals surface area contributed by atoms with Gasteiger partial charge in [-0.15, -0.1) is 0 Å². The van der Waals surface area contributed by atoms with Crippen molar-refractivity contribution < 1.29 is 14.7 Å². The number of amides is 1. The predicted octanol–water partition coefficient (Wildman–Crippen LogP) is 0.886. The van der Waals surface area contributed by atoms with E-state index >= 15 is 0 Å². The van der Waals surface area contributed by atoms with Crippen molar-refractivity contribution in [1.82, 2.24) is 14.9 Å². The lowest BCUT2D eigenvalue weighted by Crippen LogP contribution is -2.34. The summed E-state index contributed by atoms with van der Waals surface area (Å²) < 4.78 is 0. The number of hydrogen-bond donors (Lipinski definition) is 1. The Morgan fingerprint density at radius 1 is 1.44 bits per heavy atom. The molecule has 0 aliphatic carbocycles. The molecule has 0 radical (unpaired) electrons. The van der Waals surface area contributed by atoms with Crippen LogP contribution < -0.4 is 0 Å². The average Bonchev–Trinajstić information content (AvgIpc) is 2.27. The molecular formula is C12H17N3O3. The van der Waals surface area contributed by atoms with Crippen LogP contribution in [0.2, 0.25) is 0 Å². The molecule has 0 spiro atoms. The minimum atomic E-state index is -0.925. The number of carboxylic acid groups (broad SMARTS) is 1. The highest BCUT2D eigenvalue weighted by Gasteiger charge is 2.20. The van der Waals surface area contributed by atoms with Crippen LogP contribution >= 0.6 is 0 Å². The Morgan fingerprint density at radius 3 is 2.56 bits per heavy atom. The van der Waals surface area contributed by atoms with Crippen LogP contribution in [-0.4, -0.2) is 45.4 Å². The van der Waals surface area contributed by atoms with Gasteiger partial charge in [-0.25, -0.2) is 9.97 Å². The van der Waals surface area contributed by atoms with Crippen LogP contribution in [-0.2, 0) is 4.79 Å². The number of carboxylic acids is 1. The maximum absolute atomic E-state index is 12.1. The number of carbonyl (C=O) groups excluding carboxylic acids is 1. The van der Waals surface area contributed by atoms with Crippen molar-refractivity contribution in [2.45, 2.75) is 20.8 Å². The van der Waals surface area contributed by atoms with Gasteiger partial charge in [0.05, 0.1) is 17.2 Å². The number of aliphatic carboxylic acids is 1. The molecule has 1 heterocycles. The Hall–Kier alpha value is -1.98. The van der Waals surface area contributed by atoms with E-state index in [0.29, 0.717) is 17.1 Å². The second-order valence-corrected chi connectivity index (χ2v) is 4.34. The summed E-state index contributed by atoms with van der Waals surface area (Å²) in [5.74, 6) is -1.19. The first kappa shape index (κ1) is 14.1. The molecule has 1 rings (SSSR count). The van der Waals surface area contributed by atoms with Crippen LogP contribution in [0.4, 0.5) is 0 Å². The monoisotopic (exact) mass is 251 g/mol. The minimum Gasteiger partial charge on any atom is -0.481 e. The molecule has 18 heavy (non-hydrogen) atoms. The average molecular weight is 251 g/mol. The van der Waals surface area contributed by atoms with Gasteiger partial charge in [0.25, 0.3) is 5.91 Å². The Balaban J connectivity index is 2.83. The van der Waals surface area contributed by atoms with E-state index < -0.39 is 11.9 Å². The summed E-state index contributed by atoms with van der Waals surface area (Å²) in [6.45, 7) is 5.19. The van der Waals surface area contributed by atoms with Gasteiger partial charge >= 0.3 is 5.97 Å².